The number of methoxy groups -OCH3 is 1. The van der Waals surface area contributed by atoms with E-state index in [0.29, 0.717) is 17.1 Å². The second-order valence-corrected chi connectivity index (χ2v) is 4.63. The first-order valence-electron chi connectivity index (χ1n) is 5.55. The van der Waals surface area contributed by atoms with Gasteiger partial charge in [0.2, 0.25) is 10.9 Å². The van der Waals surface area contributed by atoms with Crippen molar-refractivity contribution < 1.29 is 9.94 Å². The van der Waals surface area contributed by atoms with Crippen LogP contribution in [-0.2, 0) is 0 Å². The van der Waals surface area contributed by atoms with Crippen LogP contribution in [0.2, 0.25) is 10.4 Å². The van der Waals surface area contributed by atoms with Crippen molar-refractivity contribution in [3.8, 4) is 17.1 Å². The molecule has 20 heavy (non-hydrogen) atoms. The summed E-state index contributed by atoms with van der Waals surface area (Å²) in [6, 6.07) is 7.04. The molecule has 0 amide bonds. The highest BCUT2D eigenvalue weighted by Crippen LogP contribution is 2.27. The highest BCUT2D eigenvalue weighted by molar-refractivity contribution is 6.35. The van der Waals surface area contributed by atoms with Crippen LogP contribution in [0.4, 0.5) is 0 Å². The summed E-state index contributed by atoms with van der Waals surface area (Å²) < 4.78 is 5.91. The molecule has 2 aromatic heterocycles. The van der Waals surface area contributed by atoms with Gasteiger partial charge in [-0.3, -0.25) is 0 Å². The van der Waals surface area contributed by atoms with Gasteiger partial charge in [-0.25, -0.2) is 9.97 Å². The Morgan fingerprint density at radius 2 is 1.80 bits per heavy atom. The van der Waals surface area contributed by atoms with Crippen LogP contribution >= 0.6 is 23.2 Å². The van der Waals surface area contributed by atoms with Gasteiger partial charge in [-0.05, 0) is 35.9 Å². The van der Waals surface area contributed by atoms with Crippen LogP contribution in [0.3, 0.4) is 0 Å². The third-order valence-electron chi connectivity index (χ3n) is 2.76. The molecule has 2 heterocycles. The minimum absolute atomic E-state index is 0.0565. The summed E-state index contributed by atoms with van der Waals surface area (Å²) in [6.07, 6.45) is 0. The fourth-order valence-corrected chi connectivity index (χ4v) is 2.23. The molecule has 0 aliphatic heterocycles. The molecule has 0 unspecified atom stereocenters. The summed E-state index contributed by atoms with van der Waals surface area (Å²) in [5.74, 6) is 0.997. The van der Waals surface area contributed by atoms with Crippen LogP contribution in [0, 0.1) is 0 Å². The second kappa shape index (κ2) is 4.81. The molecule has 6 nitrogen and oxygen atoms in total. The van der Waals surface area contributed by atoms with Crippen molar-refractivity contribution in [2.75, 3.05) is 7.11 Å². The molecule has 0 fully saturated rings. The van der Waals surface area contributed by atoms with E-state index in [-0.39, 0.29) is 21.6 Å². The van der Waals surface area contributed by atoms with Crippen molar-refractivity contribution in [2.24, 2.45) is 0 Å². The molecule has 1 N–H and O–H groups in total. The SMILES string of the molecule is COc1ccc(-c2nc3c(Cl)nc(Cl)nc3n2O)cc1. The predicted molar refractivity (Wildman–Crippen MR) is 74.5 cm³/mol. The van der Waals surface area contributed by atoms with Crippen LogP contribution < -0.4 is 4.74 Å². The molecule has 3 rings (SSSR count). The molecule has 0 spiro atoms. The number of imidazole rings is 1. The minimum atomic E-state index is -0.0565. The van der Waals surface area contributed by atoms with Crippen LogP contribution in [0.15, 0.2) is 24.3 Å². The largest absolute Gasteiger partial charge is 0.497 e. The van der Waals surface area contributed by atoms with Crippen molar-refractivity contribution >= 4 is 34.4 Å². The van der Waals surface area contributed by atoms with E-state index in [2.05, 4.69) is 15.0 Å². The molecule has 0 saturated carbocycles. The maximum Gasteiger partial charge on any atom is 0.226 e. The lowest BCUT2D eigenvalue weighted by molar-refractivity contribution is 0.201. The number of hydrogen-bond donors (Lipinski definition) is 1. The number of halogens is 2. The zero-order valence-corrected chi connectivity index (χ0v) is 11.7. The Morgan fingerprint density at radius 3 is 2.45 bits per heavy atom. The topological polar surface area (TPSA) is 73.1 Å². The maximum absolute atomic E-state index is 10.1. The minimum Gasteiger partial charge on any atom is -0.497 e. The van der Waals surface area contributed by atoms with E-state index < -0.39 is 0 Å². The first kappa shape index (κ1) is 13.0. The Balaban J connectivity index is 2.20. The smallest absolute Gasteiger partial charge is 0.226 e. The van der Waals surface area contributed by atoms with E-state index in [4.69, 9.17) is 27.9 Å². The first-order valence-corrected chi connectivity index (χ1v) is 6.31. The third kappa shape index (κ3) is 2.03. The molecule has 0 bridgehead atoms. The Hall–Kier alpha value is -2.05. The van der Waals surface area contributed by atoms with E-state index in [1.165, 1.54) is 0 Å². The van der Waals surface area contributed by atoms with Gasteiger partial charge >= 0.3 is 0 Å². The molecule has 0 saturated heterocycles. The summed E-state index contributed by atoms with van der Waals surface area (Å²) in [6.45, 7) is 0. The number of ether oxygens (including phenoxy) is 1. The molecule has 3 aromatic rings. The highest BCUT2D eigenvalue weighted by atomic mass is 35.5. The molecule has 1 aromatic carbocycles. The quantitative estimate of drug-likeness (QED) is 0.447. The van der Waals surface area contributed by atoms with Gasteiger partial charge in [0, 0.05) is 5.56 Å². The summed E-state index contributed by atoms with van der Waals surface area (Å²) in [7, 11) is 1.58. The second-order valence-electron chi connectivity index (χ2n) is 3.93. The standard InChI is InChI=1S/C12H8Cl2N4O2/c1-20-7-4-2-6(3-5-7)10-15-8-9(13)16-12(14)17-11(8)18(10)19/h2-5,19H,1H3. The first-order chi connectivity index (χ1) is 9.60. The molecule has 102 valence electrons. The van der Waals surface area contributed by atoms with Crippen molar-refractivity contribution in [1.82, 2.24) is 19.7 Å². The van der Waals surface area contributed by atoms with E-state index in [1.54, 1.807) is 31.4 Å². The van der Waals surface area contributed by atoms with Crippen molar-refractivity contribution in [2.45, 2.75) is 0 Å². The van der Waals surface area contributed by atoms with Gasteiger partial charge in [0.15, 0.2) is 11.0 Å². The summed E-state index contributed by atoms with van der Waals surface area (Å²) in [4.78, 5) is 11.9. The number of aromatic nitrogens is 4. The Kier molecular flexibility index (Phi) is 3.11. The highest BCUT2D eigenvalue weighted by Gasteiger charge is 2.17. The van der Waals surface area contributed by atoms with E-state index in [1.807, 2.05) is 0 Å². The molecular formula is C12H8Cl2N4O2. The zero-order valence-electron chi connectivity index (χ0n) is 10.2. The number of rotatable bonds is 2. The number of nitrogens with zero attached hydrogens (tertiary/aromatic N) is 4. The average molecular weight is 311 g/mol. The summed E-state index contributed by atoms with van der Waals surface area (Å²) in [5, 5.41) is 10.2. The molecule has 0 aliphatic rings. The van der Waals surface area contributed by atoms with Gasteiger partial charge in [-0.15, -0.1) is 4.73 Å². The maximum atomic E-state index is 10.1. The molecular weight excluding hydrogens is 303 g/mol. The van der Waals surface area contributed by atoms with Gasteiger partial charge in [-0.1, -0.05) is 11.6 Å². The van der Waals surface area contributed by atoms with Crippen LogP contribution in [0.5, 0.6) is 5.75 Å². The van der Waals surface area contributed by atoms with Crippen LogP contribution in [0.25, 0.3) is 22.6 Å². The number of benzene rings is 1. The van der Waals surface area contributed by atoms with E-state index in [9.17, 15) is 5.21 Å². The Bertz CT molecular complexity index is 786. The van der Waals surface area contributed by atoms with Gasteiger partial charge in [0.25, 0.3) is 0 Å². The molecule has 8 heteroatoms. The van der Waals surface area contributed by atoms with Crippen LogP contribution in [-0.4, -0.2) is 32.0 Å². The van der Waals surface area contributed by atoms with E-state index >= 15 is 0 Å². The van der Waals surface area contributed by atoms with Gasteiger partial charge < -0.3 is 9.94 Å². The molecule has 0 radical (unpaired) electrons. The van der Waals surface area contributed by atoms with Crippen molar-refractivity contribution in [3.05, 3.63) is 34.7 Å². The average Bonchev–Trinajstić information content (AvgIpc) is 2.77. The van der Waals surface area contributed by atoms with Gasteiger partial charge in [-0.2, -0.15) is 4.98 Å². The number of fused-ring (bicyclic) bond motifs is 1. The van der Waals surface area contributed by atoms with Crippen molar-refractivity contribution in [1.29, 1.82) is 0 Å². The monoisotopic (exact) mass is 310 g/mol. The third-order valence-corrected chi connectivity index (χ3v) is 3.20. The van der Waals surface area contributed by atoms with E-state index in [0.717, 1.165) is 4.73 Å². The fourth-order valence-electron chi connectivity index (χ4n) is 1.82. The lowest BCUT2D eigenvalue weighted by Crippen LogP contribution is -1.96. The normalized spacial score (nSPS) is 10.9. The molecule has 0 atom stereocenters. The van der Waals surface area contributed by atoms with Crippen LogP contribution in [0.1, 0.15) is 0 Å². The van der Waals surface area contributed by atoms with Gasteiger partial charge in [0.05, 0.1) is 7.11 Å². The fraction of sp³-hybridized carbons (Fsp3) is 0.0833. The predicted octanol–water partition coefficient (Wildman–Crippen LogP) is 3.05. The summed E-state index contributed by atoms with van der Waals surface area (Å²) in [5.41, 5.74) is 1.11. The van der Waals surface area contributed by atoms with Crippen molar-refractivity contribution in [3.63, 3.8) is 0 Å². The lowest BCUT2D eigenvalue weighted by atomic mass is 10.2. The van der Waals surface area contributed by atoms with Gasteiger partial charge in [0.1, 0.15) is 11.3 Å². The lowest BCUT2D eigenvalue weighted by Gasteiger charge is -2.02. The summed E-state index contributed by atoms with van der Waals surface area (Å²) >= 11 is 11.7. The molecule has 0 aliphatic carbocycles. The Labute approximate surface area is 123 Å². The Morgan fingerprint density at radius 1 is 1.10 bits per heavy atom. The zero-order chi connectivity index (χ0) is 14.3. The number of hydrogen-bond acceptors (Lipinski definition) is 5.